The summed E-state index contributed by atoms with van der Waals surface area (Å²) in [5, 5.41) is 21.2. The molecule has 0 unspecified atom stereocenters. The molecule has 1 rings (SSSR count). The molecule has 1 aliphatic rings. The average Bonchev–Trinajstić information content (AvgIpc) is 2.71. The Labute approximate surface area is 93.4 Å². The molecular formula is C9H13N3S2. The van der Waals surface area contributed by atoms with Gasteiger partial charge in [0, 0.05) is 17.5 Å². The lowest BCUT2D eigenvalue weighted by Crippen LogP contribution is -2.36. The second-order valence-corrected chi connectivity index (χ2v) is 4.81. The third-order valence-electron chi connectivity index (χ3n) is 2.34. The molecule has 0 aliphatic carbocycles. The van der Waals surface area contributed by atoms with E-state index in [-0.39, 0.29) is 0 Å². The first kappa shape index (κ1) is 11.7. The molecule has 1 fully saturated rings. The first-order chi connectivity index (χ1) is 6.88. The van der Waals surface area contributed by atoms with Crippen LogP contribution >= 0.6 is 23.5 Å². The van der Waals surface area contributed by atoms with E-state index in [1.165, 1.54) is 36.4 Å². The second-order valence-electron chi connectivity index (χ2n) is 3.20. The van der Waals surface area contributed by atoms with Crippen molar-refractivity contribution in [2.75, 3.05) is 24.6 Å². The summed E-state index contributed by atoms with van der Waals surface area (Å²) in [6.07, 6.45) is 2.51. The maximum absolute atomic E-state index is 8.51. The summed E-state index contributed by atoms with van der Waals surface area (Å²) < 4.78 is 0. The molecule has 0 radical (unpaired) electrons. The van der Waals surface area contributed by atoms with Crippen molar-refractivity contribution in [3.05, 3.63) is 0 Å². The summed E-state index contributed by atoms with van der Waals surface area (Å²) in [5.74, 6) is 1.65. The van der Waals surface area contributed by atoms with Gasteiger partial charge in [0.1, 0.15) is 10.8 Å². The summed E-state index contributed by atoms with van der Waals surface area (Å²) in [7, 11) is 0. The van der Waals surface area contributed by atoms with Crippen molar-refractivity contribution in [3.63, 3.8) is 0 Å². The Morgan fingerprint density at radius 2 is 1.57 bits per heavy atom. The molecule has 76 valence electrons. The fraction of sp³-hybridized carbons (Fsp3) is 0.778. The van der Waals surface area contributed by atoms with Crippen LogP contribution in [0.15, 0.2) is 0 Å². The van der Waals surface area contributed by atoms with Crippen LogP contribution < -0.4 is 0 Å². The van der Waals surface area contributed by atoms with Crippen molar-refractivity contribution in [1.82, 2.24) is 4.90 Å². The topological polar surface area (TPSA) is 50.8 Å². The maximum Gasteiger partial charge on any atom is 0.133 e. The zero-order valence-corrected chi connectivity index (χ0v) is 9.61. The Hall–Kier alpha value is -0.360. The van der Waals surface area contributed by atoms with Crippen molar-refractivity contribution in [2.24, 2.45) is 0 Å². The van der Waals surface area contributed by atoms with Crippen LogP contribution in [0.25, 0.3) is 0 Å². The van der Waals surface area contributed by atoms with E-state index in [1.807, 2.05) is 0 Å². The van der Waals surface area contributed by atoms with Crippen molar-refractivity contribution < 1.29 is 0 Å². The van der Waals surface area contributed by atoms with E-state index in [2.05, 4.69) is 15.7 Å². The minimum absolute atomic E-state index is 0.395. The van der Waals surface area contributed by atoms with Crippen LogP contribution in [0.2, 0.25) is 0 Å². The molecule has 0 aromatic rings. The first-order valence-electron chi connectivity index (χ1n) is 4.64. The molecule has 0 amide bonds. The van der Waals surface area contributed by atoms with Gasteiger partial charge in [0.2, 0.25) is 0 Å². The SMILES string of the molecule is N#CSCC(CSC#N)N1CCCC1. The van der Waals surface area contributed by atoms with Crippen molar-refractivity contribution in [2.45, 2.75) is 18.9 Å². The number of rotatable bonds is 5. The minimum atomic E-state index is 0.395. The van der Waals surface area contributed by atoms with Gasteiger partial charge in [0.05, 0.1) is 0 Å². The number of thioether (sulfide) groups is 2. The fourth-order valence-corrected chi connectivity index (χ4v) is 2.97. The molecule has 1 saturated heterocycles. The highest BCUT2D eigenvalue weighted by Crippen LogP contribution is 2.18. The van der Waals surface area contributed by atoms with Crippen LogP contribution in [0.1, 0.15) is 12.8 Å². The third-order valence-corrected chi connectivity index (χ3v) is 3.70. The quantitative estimate of drug-likeness (QED) is 0.671. The van der Waals surface area contributed by atoms with Gasteiger partial charge in [-0.05, 0) is 49.5 Å². The number of nitrogens with zero attached hydrogens (tertiary/aromatic N) is 3. The monoisotopic (exact) mass is 227 g/mol. The van der Waals surface area contributed by atoms with E-state index in [4.69, 9.17) is 10.5 Å². The molecule has 0 N–H and O–H groups in total. The van der Waals surface area contributed by atoms with Gasteiger partial charge < -0.3 is 0 Å². The number of hydrogen-bond acceptors (Lipinski definition) is 5. The fourth-order valence-electron chi connectivity index (χ4n) is 1.63. The summed E-state index contributed by atoms with van der Waals surface area (Å²) in [4.78, 5) is 2.40. The molecule has 0 bridgehead atoms. The van der Waals surface area contributed by atoms with E-state index >= 15 is 0 Å². The normalized spacial score (nSPS) is 16.8. The highest BCUT2D eigenvalue weighted by molar-refractivity contribution is 8.04. The van der Waals surface area contributed by atoms with Gasteiger partial charge in [-0.3, -0.25) is 4.90 Å². The van der Waals surface area contributed by atoms with Gasteiger partial charge in [-0.2, -0.15) is 10.5 Å². The highest BCUT2D eigenvalue weighted by Gasteiger charge is 2.21. The van der Waals surface area contributed by atoms with Gasteiger partial charge in [0.25, 0.3) is 0 Å². The zero-order valence-electron chi connectivity index (χ0n) is 7.98. The Morgan fingerprint density at radius 3 is 2.00 bits per heavy atom. The molecular weight excluding hydrogens is 214 g/mol. The summed E-state index contributed by atoms with van der Waals surface area (Å²) in [6, 6.07) is 0.395. The first-order valence-corrected chi connectivity index (χ1v) is 6.61. The largest absolute Gasteiger partial charge is 0.299 e. The van der Waals surface area contributed by atoms with Gasteiger partial charge in [-0.25, -0.2) is 0 Å². The van der Waals surface area contributed by atoms with Gasteiger partial charge in [-0.15, -0.1) is 0 Å². The van der Waals surface area contributed by atoms with E-state index in [9.17, 15) is 0 Å². The van der Waals surface area contributed by atoms with E-state index in [0.29, 0.717) is 6.04 Å². The molecule has 1 aliphatic heterocycles. The van der Waals surface area contributed by atoms with Crippen LogP contribution in [-0.4, -0.2) is 35.5 Å². The Bertz CT molecular complexity index is 219. The smallest absolute Gasteiger partial charge is 0.133 e. The predicted octanol–water partition coefficient (Wildman–Crippen LogP) is 1.88. The summed E-state index contributed by atoms with van der Waals surface area (Å²) in [5.41, 5.74) is 0. The molecule has 3 nitrogen and oxygen atoms in total. The van der Waals surface area contributed by atoms with E-state index in [0.717, 1.165) is 24.6 Å². The Balaban J connectivity index is 2.35. The molecule has 0 aromatic carbocycles. The molecule has 0 saturated carbocycles. The van der Waals surface area contributed by atoms with Gasteiger partial charge >= 0.3 is 0 Å². The lowest BCUT2D eigenvalue weighted by molar-refractivity contribution is 0.284. The standard InChI is InChI=1S/C9H13N3S2/c10-7-13-5-9(6-14-8-11)12-3-1-2-4-12/h9H,1-6H2. The van der Waals surface area contributed by atoms with Crippen LogP contribution in [0.3, 0.4) is 0 Å². The van der Waals surface area contributed by atoms with Crippen LogP contribution in [0, 0.1) is 21.3 Å². The number of likely N-dealkylation sites (tertiary alicyclic amines) is 1. The highest BCUT2D eigenvalue weighted by atomic mass is 32.2. The predicted molar refractivity (Wildman–Crippen MR) is 60.7 cm³/mol. The van der Waals surface area contributed by atoms with Crippen molar-refractivity contribution in [3.8, 4) is 10.8 Å². The molecule has 5 heteroatoms. The van der Waals surface area contributed by atoms with Gasteiger partial charge in [-0.1, -0.05) is 0 Å². The Morgan fingerprint density at radius 1 is 1.07 bits per heavy atom. The molecule has 0 spiro atoms. The average molecular weight is 227 g/mol. The lowest BCUT2D eigenvalue weighted by Gasteiger charge is -2.24. The number of hydrogen-bond donors (Lipinski definition) is 0. The van der Waals surface area contributed by atoms with Crippen molar-refractivity contribution in [1.29, 1.82) is 10.5 Å². The van der Waals surface area contributed by atoms with E-state index in [1.54, 1.807) is 0 Å². The summed E-state index contributed by atoms with van der Waals surface area (Å²) >= 11 is 2.59. The summed E-state index contributed by atoms with van der Waals surface area (Å²) in [6.45, 7) is 2.26. The minimum Gasteiger partial charge on any atom is -0.299 e. The number of thiocyanates is 2. The maximum atomic E-state index is 8.51. The Kier molecular flexibility index (Phi) is 5.86. The lowest BCUT2D eigenvalue weighted by atomic mass is 10.3. The van der Waals surface area contributed by atoms with Crippen LogP contribution in [0.4, 0.5) is 0 Å². The number of nitriles is 2. The van der Waals surface area contributed by atoms with Crippen molar-refractivity contribution >= 4 is 23.5 Å². The molecule has 0 aromatic heterocycles. The van der Waals surface area contributed by atoms with Crippen LogP contribution in [-0.2, 0) is 0 Å². The molecule has 1 heterocycles. The third kappa shape index (κ3) is 3.79. The second kappa shape index (κ2) is 7.00. The zero-order chi connectivity index (χ0) is 10.2. The van der Waals surface area contributed by atoms with Crippen LogP contribution in [0.5, 0.6) is 0 Å². The molecule has 0 atom stereocenters. The van der Waals surface area contributed by atoms with Gasteiger partial charge in [0.15, 0.2) is 0 Å². The van der Waals surface area contributed by atoms with E-state index < -0.39 is 0 Å². The molecule has 14 heavy (non-hydrogen) atoms.